The first-order chi connectivity index (χ1) is 12.1. The first-order valence-corrected chi connectivity index (χ1v) is 8.37. The minimum atomic E-state index is -0.677. The lowest BCUT2D eigenvalue weighted by atomic mass is 9.93. The predicted molar refractivity (Wildman–Crippen MR) is 89.7 cm³/mol. The fourth-order valence-electron chi connectivity index (χ4n) is 3.47. The maximum atomic E-state index is 12.8. The van der Waals surface area contributed by atoms with Crippen LogP contribution in [0.5, 0.6) is 5.75 Å². The predicted octanol–water partition coefficient (Wildman–Crippen LogP) is 2.54. The number of hydrogen-bond donors (Lipinski definition) is 0. The molecule has 0 N–H and O–H groups in total. The Kier molecular flexibility index (Phi) is 4.88. The summed E-state index contributed by atoms with van der Waals surface area (Å²) in [7, 11) is 2.86. The van der Waals surface area contributed by atoms with Gasteiger partial charge in [0.2, 0.25) is 0 Å². The molecular weight excluding hydrogens is 322 g/mol. The number of nitrogens with zero attached hydrogens (tertiary/aromatic N) is 1. The Balaban J connectivity index is 1.95. The third kappa shape index (κ3) is 3.16. The number of imide groups is 1. The number of benzene rings is 1. The smallest absolute Gasteiger partial charge is 0.307 e. The van der Waals surface area contributed by atoms with Crippen molar-refractivity contribution in [3.63, 3.8) is 0 Å². The van der Waals surface area contributed by atoms with Crippen molar-refractivity contribution in [1.82, 2.24) is 4.90 Å². The molecule has 1 atom stereocenters. The molecule has 0 saturated heterocycles. The third-order valence-corrected chi connectivity index (χ3v) is 4.82. The van der Waals surface area contributed by atoms with Gasteiger partial charge in [-0.2, -0.15) is 0 Å². The molecule has 0 saturated carbocycles. The van der Waals surface area contributed by atoms with Crippen LogP contribution in [0.25, 0.3) is 0 Å². The molecule has 1 aromatic carbocycles. The van der Waals surface area contributed by atoms with Crippen LogP contribution in [-0.2, 0) is 19.1 Å². The second-order valence-electron chi connectivity index (χ2n) is 6.21. The van der Waals surface area contributed by atoms with E-state index in [4.69, 9.17) is 9.47 Å². The molecule has 0 bridgehead atoms. The summed E-state index contributed by atoms with van der Waals surface area (Å²) in [4.78, 5) is 38.8. The largest absolute Gasteiger partial charge is 0.497 e. The lowest BCUT2D eigenvalue weighted by Gasteiger charge is -2.26. The molecule has 1 unspecified atom stereocenters. The van der Waals surface area contributed by atoms with E-state index in [9.17, 15) is 14.4 Å². The number of hydrogen-bond acceptors (Lipinski definition) is 5. The van der Waals surface area contributed by atoms with Gasteiger partial charge in [-0.15, -0.1) is 0 Å². The SMILES string of the molecule is COC(=O)CC(c1ccc(OC)cc1)N1C(=O)C2=C(CCCC2)C1=O. The van der Waals surface area contributed by atoms with E-state index in [1.807, 2.05) is 0 Å². The van der Waals surface area contributed by atoms with Gasteiger partial charge in [0.1, 0.15) is 5.75 Å². The van der Waals surface area contributed by atoms with Gasteiger partial charge in [-0.1, -0.05) is 12.1 Å². The molecule has 6 heteroatoms. The minimum absolute atomic E-state index is 0.0686. The van der Waals surface area contributed by atoms with Crippen LogP contribution in [0, 0.1) is 0 Å². The van der Waals surface area contributed by atoms with Crippen LogP contribution >= 0.6 is 0 Å². The van der Waals surface area contributed by atoms with Crippen LogP contribution < -0.4 is 4.74 Å². The lowest BCUT2D eigenvalue weighted by Crippen LogP contribution is -2.37. The Morgan fingerprint density at radius 3 is 2.08 bits per heavy atom. The van der Waals surface area contributed by atoms with Crippen LogP contribution in [0.15, 0.2) is 35.4 Å². The molecule has 132 valence electrons. The molecule has 6 nitrogen and oxygen atoms in total. The highest BCUT2D eigenvalue weighted by atomic mass is 16.5. The van der Waals surface area contributed by atoms with Crippen molar-refractivity contribution in [2.75, 3.05) is 14.2 Å². The maximum absolute atomic E-state index is 12.8. The summed E-state index contributed by atoms with van der Waals surface area (Å²) >= 11 is 0. The first kappa shape index (κ1) is 17.2. The molecule has 25 heavy (non-hydrogen) atoms. The van der Waals surface area contributed by atoms with Crippen molar-refractivity contribution in [1.29, 1.82) is 0 Å². The summed E-state index contributed by atoms with van der Waals surface area (Å²) in [5, 5.41) is 0. The average Bonchev–Trinajstić information content (AvgIpc) is 2.91. The van der Waals surface area contributed by atoms with Gasteiger partial charge in [0, 0.05) is 11.1 Å². The highest BCUT2D eigenvalue weighted by Gasteiger charge is 2.43. The fourth-order valence-corrected chi connectivity index (χ4v) is 3.47. The number of rotatable bonds is 5. The van der Waals surface area contributed by atoms with Crippen LogP contribution in [-0.4, -0.2) is 36.9 Å². The van der Waals surface area contributed by atoms with Gasteiger partial charge in [-0.3, -0.25) is 19.3 Å². The Morgan fingerprint density at radius 2 is 1.60 bits per heavy atom. The van der Waals surface area contributed by atoms with Crippen molar-refractivity contribution < 1.29 is 23.9 Å². The number of amides is 2. The summed E-state index contributed by atoms with van der Waals surface area (Å²) in [6.07, 6.45) is 3.01. The molecule has 0 fully saturated rings. The van der Waals surface area contributed by atoms with Gasteiger partial charge >= 0.3 is 5.97 Å². The molecule has 0 spiro atoms. The normalized spacial score (nSPS) is 18.2. The van der Waals surface area contributed by atoms with Crippen LogP contribution in [0.1, 0.15) is 43.7 Å². The molecule has 2 aliphatic rings. The second kappa shape index (κ2) is 7.09. The zero-order chi connectivity index (χ0) is 18.0. The topological polar surface area (TPSA) is 72.9 Å². The molecule has 0 radical (unpaired) electrons. The van der Waals surface area contributed by atoms with E-state index < -0.39 is 12.0 Å². The molecule has 1 aliphatic heterocycles. The molecule has 0 aromatic heterocycles. The van der Waals surface area contributed by atoms with Gasteiger partial charge in [0.05, 0.1) is 26.7 Å². The first-order valence-electron chi connectivity index (χ1n) is 8.37. The molecule has 1 aliphatic carbocycles. The lowest BCUT2D eigenvalue weighted by molar-refractivity contribution is -0.146. The minimum Gasteiger partial charge on any atom is -0.497 e. The highest BCUT2D eigenvalue weighted by Crippen LogP contribution is 2.38. The molecule has 1 aromatic rings. The van der Waals surface area contributed by atoms with E-state index in [2.05, 4.69) is 0 Å². The molecule has 1 heterocycles. The average molecular weight is 343 g/mol. The van der Waals surface area contributed by atoms with Gasteiger partial charge in [-0.25, -0.2) is 0 Å². The van der Waals surface area contributed by atoms with Gasteiger partial charge in [0.25, 0.3) is 11.8 Å². The summed E-state index contributed by atoms with van der Waals surface area (Å²) in [5.41, 5.74) is 1.92. The fraction of sp³-hybridized carbons (Fsp3) is 0.421. The van der Waals surface area contributed by atoms with E-state index in [0.29, 0.717) is 35.3 Å². The van der Waals surface area contributed by atoms with Gasteiger partial charge in [-0.05, 0) is 43.4 Å². The number of carbonyl (C=O) groups excluding carboxylic acids is 3. The summed E-state index contributed by atoms with van der Waals surface area (Å²) in [5.74, 6) is -0.350. The van der Waals surface area contributed by atoms with Crippen molar-refractivity contribution in [3.05, 3.63) is 41.0 Å². The standard InChI is InChI=1S/C19H21NO5/c1-24-13-9-7-12(8-10-13)16(11-17(21)25-2)20-18(22)14-5-3-4-6-15(14)19(20)23/h7-10,16H,3-6,11H2,1-2H3. The second-order valence-corrected chi connectivity index (χ2v) is 6.21. The Hall–Kier alpha value is -2.63. The van der Waals surface area contributed by atoms with Crippen LogP contribution in [0.2, 0.25) is 0 Å². The van der Waals surface area contributed by atoms with E-state index in [1.165, 1.54) is 12.0 Å². The molecular formula is C19H21NO5. The number of ether oxygens (including phenoxy) is 2. The summed E-state index contributed by atoms with van der Waals surface area (Å²) < 4.78 is 9.92. The number of carbonyl (C=O) groups is 3. The van der Waals surface area contributed by atoms with Gasteiger partial charge in [0.15, 0.2) is 0 Å². The quantitative estimate of drug-likeness (QED) is 0.607. The van der Waals surface area contributed by atoms with Crippen LogP contribution in [0.4, 0.5) is 0 Å². The van der Waals surface area contributed by atoms with Crippen molar-refractivity contribution >= 4 is 17.8 Å². The van der Waals surface area contributed by atoms with E-state index >= 15 is 0 Å². The monoisotopic (exact) mass is 343 g/mol. The summed E-state index contributed by atoms with van der Waals surface area (Å²) in [6, 6.07) is 6.36. The van der Waals surface area contributed by atoms with Crippen LogP contribution in [0.3, 0.4) is 0 Å². The Labute approximate surface area is 146 Å². The molecule has 2 amide bonds. The van der Waals surface area contributed by atoms with Crippen molar-refractivity contribution in [3.8, 4) is 5.75 Å². The summed E-state index contributed by atoms with van der Waals surface area (Å²) in [6.45, 7) is 0. The Morgan fingerprint density at radius 1 is 1.04 bits per heavy atom. The zero-order valence-electron chi connectivity index (χ0n) is 14.4. The zero-order valence-corrected chi connectivity index (χ0v) is 14.4. The van der Waals surface area contributed by atoms with E-state index in [0.717, 1.165) is 12.8 Å². The molecule has 3 rings (SSSR count). The number of methoxy groups -OCH3 is 2. The van der Waals surface area contributed by atoms with Crippen molar-refractivity contribution in [2.24, 2.45) is 0 Å². The number of esters is 1. The Bertz CT molecular complexity index is 707. The van der Waals surface area contributed by atoms with Crippen molar-refractivity contribution in [2.45, 2.75) is 38.1 Å². The van der Waals surface area contributed by atoms with Gasteiger partial charge < -0.3 is 9.47 Å². The maximum Gasteiger partial charge on any atom is 0.307 e. The highest BCUT2D eigenvalue weighted by molar-refractivity contribution is 6.19. The third-order valence-electron chi connectivity index (χ3n) is 4.82. The van der Waals surface area contributed by atoms with E-state index in [-0.39, 0.29) is 18.2 Å². The van der Waals surface area contributed by atoms with E-state index in [1.54, 1.807) is 31.4 Å².